The average molecular weight is 244 g/mol. The number of halogens is 2. The van der Waals surface area contributed by atoms with E-state index in [0.717, 1.165) is 31.7 Å². The molecule has 2 nitrogen and oxygen atoms in total. The highest BCUT2D eigenvalue weighted by atomic mass is 35.5. The molecule has 0 bridgehead atoms. The maximum atomic E-state index is 12.8. The van der Waals surface area contributed by atoms with Gasteiger partial charge < -0.3 is 10.1 Å². The molecule has 1 aromatic rings. The van der Waals surface area contributed by atoms with Crippen LogP contribution >= 0.6 is 11.6 Å². The van der Waals surface area contributed by atoms with E-state index in [-0.39, 0.29) is 5.82 Å². The number of benzene rings is 1. The van der Waals surface area contributed by atoms with Gasteiger partial charge in [-0.25, -0.2) is 4.39 Å². The van der Waals surface area contributed by atoms with E-state index in [9.17, 15) is 4.39 Å². The topological polar surface area (TPSA) is 21.3 Å². The zero-order valence-corrected chi connectivity index (χ0v) is 9.77. The van der Waals surface area contributed by atoms with Gasteiger partial charge in [0.05, 0.1) is 13.2 Å². The van der Waals surface area contributed by atoms with Crippen LogP contribution in [0.4, 0.5) is 4.39 Å². The van der Waals surface area contributed by atoms with Crippen LogP contribution in [0.1, 0.15) is 12.0 Å². The number of ether oxygens (including phenoxy) is 1. The summed E-state index contributed by atoms with van der Waals surface area (Å²) in [7, 11) is 0. The van der Waals surface area contributed by atoms with Crippen LogP contribution in [-0.2, 0) is 11.3 Å². The smallest absolute Gasteiger partial charge is 0.124 e. The van der Waals surface area contributed by atoms with Gasteiger partial charge in [0, 0.05) is 11.6 Å². The molecular formula is C12H15ClFNO. The standard InChI is InChI=1S/C12H15ClFNO/c13-12-5-11(14)2-1-10(12)8-16-7-9-3-4-15-6-9/h1-2,5,9,15H,3-4,6-8H2. The van der Waals surface area contributed by atoms with Crippen molar-refractivity contribution in [2.24, 2.45) is 5.92 Å². The molecule has 0 radical (unpaired) electrons. The van der Waals surface area contributed by atoms with Crippen LogP contribution in [0.3, 0.4) is 0 Å². The minimum absolute atomic E-state index is 0.311. The lowest BCUT2D eigenvalue weighted by molar-refractivity contribution is 0.0925. The highest BCUT2D eigenvalue weighted by Gasteiger charge is 2.14. The molecule has 1 saturated heterocycles. The molecule has 1 aromatic carbocycles. The van der Waals surface area contributed by atoms with Gasteiger partial charge in [-0.15, -0.1) is 0 Å². The fraction of sp³-hybridized carbons (Fsp3) is 0.500. The summed E-state index contributed by atoms with van der Waals surface area (Å²) < 4.78 is 18.4. The first kappa shape index (κ1) is 11.8. The molecule has 1 atom stereocenters. The molecule has 0 saturated carbocycles. The number of hydrogen-bond donors (Lipinski definition) is 1. The molecule has 88 valence electrons. The van der Waals surface area contributed by atoms with Crippen LogP contribution in [-0.4, -0.2) is 19.7 Å². The second kappa shape index (κ2) is 5.62. The Kier molecular flexibility index (Phi) is 4.16. The third-order valence-electron chi connectivity index (χ3n) is 2.79. The van der Waals surface area contributed by atoms with Crippen molar-refractivity contribution in [1.29, 1.82) is 0 Å². The zero-order valence-electron chi connectivity index (χ0n) is 9.01. The second-order valence-electron chi connectivity index (χ2n) is 4.11. The molecule has 1 unspecified atom stereocenters. The quantitative estimate of drug-likeness (QED) is 0.878. The number of hydrogen-bond acceptors (Lipinski definition) is 2. The van der Waals surface area contributed by atoms with Crippen LogP contribution in [0.25, 0.3) is 0 Å². The minimum Gasteiger partial charge on any atom is -0.376 e. The minimum atomic E-state index is -0.311. The van der Waals surface area contributed by atoms with Crippen molar-refractivity contribution in [3.8, 4) is 0 Å². The van der Waals surface area contributed by atoms with Crippen LogP contribution in [0.5, 0.6) is 0 Å². The largest absolute Gasteiger partial charge is 0.376 e. The van der Waals surface area contributed by atoms with E-state index in [1.54, 1.807) is 6.07 Å². The first-order valence-corrected chi connectivity index (χ1v) is 5.86. The SMILES string of the molecule is Fc1ccc(COCC2CCNC2)c(Cl)c1. The van der Waals surface area contributed by atoms with E-state index in [2.05, 4.69) is 5.32 Å². The molecule has 1 heterocycles. The van der Waals surface area contributed by atoms with E-state index < -0.39 is 0 Å². The van der Waals surface area contributed by atoms with Gasteiger partial charge in [0.2, 0.25) is 0 Å². The molecule has 1 aliphatic rings. The molecule has 0 spiro atoms. The first-order valence-electron chi connectivity index (χ1n) is 5.48. The Labute approximate surface area is 99.7 Å². The zero-order chi connectivity index (χ0) is 11.4. The Balaban J connectivity index is 1.80. The van der Waals surface area contributed by atoms with Crippen molar-refractivity contribution in [3.05, 3.63) is 34.6 Å². The van der Waals surface area contributed by atoms with Crippen molar-refractivity contribution in [2.75, 3.05) is 19.7 Å². The normalized spacial score (nSPS) is 20.2. The Morgan fingerprint density at radius 1 is 1.50 bits per heavy atom. The maximum Gasteiger partial charge on any atom is 0.124 e. The van der Waals surface area contributed by atoms with Gasteiger partial charge in [-0.05, 0) is 36.6 Å². The molecule has 0 aromatic heterocycles. The van der Waals surface area contributed by atoms with Crippen molar-refractivity contribution in [3.63, 3.8) is 0 Å². The van der Waals surface area contributed by atoms with Crippen LogP contribution < -0.4 is 5.32 Å². The lowest BCUT2D eigenvalue weighted by Gasteiger charge is -2.10. The van der Waals surface area contributed by atoms with Gasteiger partial charge in [0.1, 0.15) is 5.82 Å². The van der Waals surface area contributed by atoms with E-state index in [1.165, 1.54) is 12.1 Å². The van der Waals surface area contributed by atoms with Gasteiger partial charge in [0.15, 0.2) is 0 Å². The summed E-state index contributed by atoms with van der Waals surface area (Å²) in [6, 6.07) is 4.39. The molecule has 1 fully saturated rings. The summed E-state index contributed by atoms with van der Waals surface area (Å²) in [6.45, 7) is 3.29. The Bertz CT molecular complexity index is 353. The molecular weight excluding hydrogens is 229 g/mol. The van der Waals surface area contributed by atoms with Crippen LogP contribution in [0, 0.1) is 11.7 Å². The lowest BCUT2D eigenvalue weighted by Crippen LogP contribution is -2.13. The second-order valence-corrected chi connectivity index (χ2v) is 4.52. The van der Waals surface area contributed by atoms with Crippen molar-refractivity contribution >= 4 is 11.6 Å². The van der Waals surface area contributed by atoms with Crippen molar-refractivity contribution in [1.82, 2.24) is 5.32 Å². The summed E-state index contributed by atoms with van der Waals surface area (Å²) in [5.74, 6) is 0.285. The Hall–Kier alpha value is -0.640. The highest BCUT2D eigenvalue weighted by Crippen LogP contribution is 2.18. The van der Waals surface area contributed by atoms with Gasteiger partial charge in [-0.2, -0.15) is 0 Å². The first-order chi connectivity index (χ1) is 7.75. The molecule has 1 N–H and O–H groups in total. The summed E-state index contributed by atoms with van der Waals surface area (Å²) in [5, 5.41) is 3.72. The molecule has 0 amide bonds. The van der Waals surface area contributed by atoms with Crippen molar-refractivity contribution < 1.29 is 9.13 Å². The predicted octanol–water partition coefficient (Wildman–Crippen LogP) is 2.61. The summed E-state index contributed by atoms with van der Waals surface area (Å²) in [5.41, 5.74) is 0.842. The Morgan fingerprint density at radius 3 is 3.06 bits per heavy atom. The summed E-state index contributed by atoms with van der Waals surface area (Å²) in [6.07, 6.45) is 1.16. The third-order valence-corrected chi connectivity index (χ3v) is 3.14. The van der Waals surface area contributed by atoms with Gasteiger partial charge >= 0.3 is 0 Å². The molecule has 0 aliphatic carbocycles. The fourth-order valence-electron chi connectivity index (χ4n) is 1.83. The molecule has 4 heteroatoms. The number of rotatable bonds is 4. The van der Waals surface area contributed by atoms with E-state index in [0.29, 0.717) is 17.5 Å². The molecule has 1 aliphatic heterocycles. The van der Waals surface area contributed by atoms with Crippen LogP contribution in [0.2, 0.25) is 5.02 Å². The van der Waals surface area contributed by atoms with Crippen molar-refractivity contribution in [2.45, 2.75) is 13.0 Å². The molecule has 16 heavy (non-hydrogen) atoms. The van der Waals surface area contributed by atoms with Crippen LogP contribution in [0.15, 0.2) is 18.2 Å². The fourth-order valence-corrected chi connectivity index (χ4v) is 2.05. The van der Waals surface area contributed by atoms with E-state index in [1.807, 2.05) is 0 Å². The van der Waals surface area contributed by atoms with Gasteiger partial charge in [-0.1, -0.05) is 17.7 Å². The summed E-state index contributed by atoms with van der Waals surface area (Å²) >= 11 is 5.89. The average Bonchev–Trinajstić information content (AvgIpc) is 2.74. The summed E-state index contributed by atoms with van der Waals surface area (Å²) in [4.78, 5) is 0. The third kappa shape index (κ3) is 3.17. The van der Waals surface area contributed by atoms with Gasteiger partial charge in [-0.3, -0.25) is 0 Å². The highest BCUT2D eigenvalue weighted by molar-refractivity contribution is 6.31. The van der Waals surface area contributed by atoms with Gasteiger partial charge in [0.25, 0.3) is 0 Å². The lowest BCUT2D eigenvalue weighted by atomic mass is 10.1. The number of nitrogens with one attached hydrogen (secondary N) is 1. The predicted molar refractivity (Wildman–Crippen MR) is 62.0 cm³/mol. The monoisotopic (exact) mass is 243 g/mol. The Morgan fingerprint density at radius 2 is 2.38 bits per heavy atom. The molecule has 2 rings (SSSR count). The van der Waals surface area contributed by atoms with E-state index in [4.69, 9.17) is 16.3 Å². The maximum absolute atomic E-state index is 12.8. The van der Waals surface area contributed by atoms with E-state index >= 15 is 0 Å².